The fourth-order valence-electron chi connectivity index (χ4n) is 5.31. The second-order valence-corrected chi connectivity index (χ2v) is 9.65. The van der Waals surface area contributed by atoms with Gasteiger partial charge in [-0.15, -0.1) is 0 Å². The van der Waals surface area contributed by atoms with Crippen LogP contribution in [-0.4, -0.2) is 74.5 Å². The maximum Gasteiger partial charge on any atom is 0.338 e. The van der Waals surface area contributed by atoms with E-state index in [1.807, 2.05) is 0 Å². The molecule has 5 aromatic rings. The number of hydrogen-bond acceptors (Lipinski definition) is 8. The first-order chi connectivity index (χ1) is 21.1. The van der Waals surface area contributed by atoms with E-state index in [2.05, 4.69) is 38.3 Å². The highest BCUT2D eigenvalue weighted by molar-refractivity contribution is 6.38. The smallest absolute Gasteiger partial charge is 0.338 e. The number of rotatable bonds is 8. The van der Waals surface area contributed by atoms with E-state index >= 15 is 0 Å². The van der Waals surface area contributed by atoms with Gasteiger partial charge in [-0.1, -0.05) is 52.0 Å². The van der Waals surface area contributed by atoms with Crippen molar-refractivity contribution in [2.24, 2.45) is 0 Å². The predicted molar refractivity (Wildman–Crippen MR) is 173 cm³/mol. The Bertz CT molecular complexity index is 1670. The van der Waals surface area contributed by atoms with Crippen LogP contribution in [0.2, 0.25) is 0 Å². The lowest BCUT2D eigenvalue weighted by molar-refractivity contribution is 0.0593. The molecule has 0 fully saturated rings. The first-order valence-corrected chi connectivity index (χ1v) is 14.4. The average molecular weight is 603 g/mol. The summed E-state index contributed by atoms with van der Waals surface area (Å²) in [5, 5.41) is 29.9. The Morgan fingerprint density at radius 3 is 0.977 bits per heavy atom. The molecule has 0 saturated heterocycles. The van der Waals surface area contributed by atoms with Crippen molar-refractivity contribution in [2.75, 3.05) is 40.4 Å². The predicted octanol–water partition coefficient (Wildman–Crippen LogP) is 5.94. The molecule has 0 aliphatic heterocycles. The summed E-state index contributed by atoms with van der Waals surface area (Å²) in [4.78, 5) is 49.1. The molecule has 5 aromatic carbocycles. The number of ether oxygens (including phenoxy) is 2. The summed E-state index contributed by atoms with van der Waals surface area (Å²) in [6, 6.07) is 12.4. The molecule has 0 aliphatic carbocycles. The van der Waals surface area contributed by atoms with Crippen LogP contribution < -0.4 is 10.6 Å². The van der Waals surface area contributed by atoms with E-state index in [4.69, 9.17) is 9.47 Å². The number of benzene rings is 5. The van der Waals surface area contributed by atoms with Crippen LogP contribution in [0.15, 0.2) is 48.5 Å². The summed E-state index contributed by atoms with van der Waals surface area (Å²) in [5.41, 5.74) is 0.0881. The third kappa shape index (κ3) is 6.41. The number of carboxylic acids is 2. The zero-order valence-electron chi connectivity index (χ0n) is 25.8. The van der Waals surface area contributed by atoms with E-state index in [1.54, 1.807) is 24.3 Å². The number of carboxylic acid groups (broad SMARTS) is 2. The number of nitrogens with one attached hydrogen (secondary N) is 2. The van der Waals surface area contributed by atoms with Crippen LogP contribution >= 0.6 is 0 Å². The zero-order chi connectivity index (χ0) is 32.6. The minimum Gasteiger partial charge on any atom is -0.478 e. The van der Waals surface area contributed by atoms with Gasteiger partial charge in [-0.05, 0) is 82.8 Å². The first kappa shape index (κ1) is 33.7. The third-order valence-electron chi connectivity index (χ3n) is 7.17. The van der Waals surface area contributed by atoms with Crippen molar-refractivity contribution in [2.45, 2.75) is 27.7 Å². The van der Waals surface area contributed by atoms with E-state index in [-0.39, 0.29) is 33.0 Å². The lowest BCUT2D eigenvalue weighted by Crippen LogP contribution is -2.09. The molecule has 44 heavy (non-hydrogen) atoms. The molecule has 0 radical (unpaired) electrons. The van der Waals surface area contributed by atoms with Crippen LogP contribution in [0.1, 0.15) is 69.1 Å². The maximum absolute atomic E-state index is 12.5. The van der Waals surface area contributed by atoms with Gasteiger partial charge in [0.05, 0.1) is 36.5 Å². The van der Waals surface area contributed by atoms with E-state index in [1.165, 1.54) is 38.5 Å². The van der Waals surface area contributed by atoms with Gasteiger partial charge < -0.3 is 30.3 Å². The minimum atomic E-state index is -1.20. The number of carbonyl (C=O) groups is 4. The van der Waals surface area contributed by atoms with Crippen molar-refractivity contribution in [3.05, 3.63) is 70.8 Å². The van der Waals surface area contributed by atoms with E-state index < -0.39 is 23.9 Å². The van der Waals surface area contributed by atoms with Gasteiger partial charge in [0, 0.05) is 10.8 Å². The highest BCUT2D eigenvalue weighted by atomic mass is 16.5. The number of fused-ring (bicyclic) bond motifs is 2. The minimum absolute atomic E-state index is 0.0611. The Balaban J connectivity index is 0.000000461. The SMILES string of the molecule is CCNCC.CCNCC.COC(=O)c1ccc2c3ccc(C(=O)O)c4c(C(=O)OC)ccc(c5ccc(C(=O)O)c1c52)c43. The van der Waals surface area contributed by atoms with Crippen molar-refractivity contribution < 1.29 is 38.9 Å². The second-order valence-electron chi connectivity index (χ2n) is 9.65. The standard InChI is InChI=1S/C26H16O8.2C4H11N/c1-33-25(31)17-9-5-13-12-4-8-16(24(29)30)22-18(26(32)34-2)10-6-14(20(12)22)11-3-7-15(23(27)28)21(17)19(11)13;2*1-3-5-4-2/h3-10H,1-2H3,(H,27,28)(H,29,30);2*5H,3-4H2,1-2H3. The number of aromatic carboxylic acids is 2. The van der Waals surface area contributed by atoms with Crippen LogP contribution in [0, 0.1) is 0 Å². The molecular formula is C34H38N2O8. The molecule has 0 heterocycles. The molecule has 10 heteroatoms. The van der Waals surface area contributed by atoms with Gasteiger partial charge in [0.15, 0.2) is 0 Å². The molecule has 10 nitrogen and oxygen atoms in total. The summed E-state index contributed by atoms with van der Waals surface area (Å²) in [7, 11) is 2.44. The van der Waals surface area contributed by atoms with Crippen molar-refractivity contribution in [1.29, 1.82) is 0 Å². The van der Waals surface area contributed by atoms with Crippen molar-refractivity contribution in [3.63, 3.8) is 0 Å². The molecule has 0 spiro atoms. The van der Waals surface area contributed by atoms with Gasteiger partial charge in [-0.3, -0.25) is 0 Å². The molecule has 0 amide bonds. The van der Waals surface area contributed by atoms with Crippen LogP contribution in [-0.2, 0) is 9.47 Å². The van der Waals surface area contributed by atoms with Gasteiger partial charge in [0.2, 0.25) is 0 Å². The van der Waals surface area contributed by atoms with Crippen molar-refractivity contribution in [3.8, 4) is 0 Å². The number of carbonyl (C=O) groups excluding carboxylic acids is 2. The summed E-state index contributed by atoms with van der Waals surface area (Å²) in [6.07, 6.45) is 0. The van der Waals surface area contributed by atoms with E-state index in [9.17, 15) is 29.4 Å². The van der Waals surface area contributed by atoms with E-state index in [0.717, 1.165) is 26.2 Å². The van der Waals surface area contributed by atoms with E-state index in [0.29, 0.717) is 32.3 Å². The lowest BCUT2D eigenvalue weighted by Gasteiger charge is -2.19. The Hall–Kier alpha value is -4.80. The molecule has 0 bridgehead atoms. The number of esters is 2. The Morgan fingerprint density at radius 2 is 0.773 bits per heavy atom. The van der Waals surface area contributed by atoms with Gasteiger partial charge in [-0.2, -0.15) is 0 Å². The van der Waals surface area contributed by atoms with Gasteiger partial charge >= 0.3 is 23.9 Å². The summed E-state index contributed by atoms with van der Waals surface area (Å²) >= 11 is 0. The molecule has 232 valence electrons. The number of hydrogen-bond donors (Lipinski definition) is 4. The fraction of sp³-hybridized carbons (Fsp3) is 0.294. The summed E-state index contributed by atoms with van der Waals surface area (Å²) in [6.45, 7) is 12.8. The Kier molecular flexibility index (Phi) is 11.6. The normalized spacial score (nSPS) is 10.7. The molecule has 4 N–H and O–H groups in total. The quantitative estimate of drug-likeness (QED) is 0.0954. The highest BCUT2D eigenvalue weighted by Crippen LogP contribution is 2.44. The molecule has 0 unspecified atom stereocenters. The summed E-state index contributed by atoms with van der Waals surface area (Å²) < 4.78 is 9.77. The third-order valence-corrected chi connectivity index (χ3v) is 7.17. The second kappa shape index (κ2) is 15.1. The largest absolute Gasteiger partial charge is 0.478 e. The maximum atomic E-state index is 12.5. The van der Waals surface area contributed by atoms with Crippen molar-refractivity contribution in [1.82, 2.24) is 10.6 Å². The van der Waals surface area contributed by atoms with Gasteiger partial charge in [-0.25, -0.2) is 19.2 Å². The highest BCUT2D eigenvalue weighted by Gasteiger charge is 2.26. The van der Waals surface area contributed by atoms with Crippen LogP contribution in [0.25, 0.3) is 43.1 Å². The molecule has 0 aromatic heterocycles. The van der Waals surface area contributed by atoms with Crippen LogP contribution in [0.3, 0.4) is 0 Å². The summed E-state index contributed by atoms with van der Waals surface area (Å²) in [5.74, 6) is -3.76. The van der Waals surface area contributed by atoms with Crippen LogP contribution in [0.5, 0.6) is 0 Å². The molecule has 0 atom stereocenters. The average Bonchev–Trinajstić information content (AvgIpc) is 3.03. The first-order valence-electron chi connectivity index (χ1n) is 14.4. The Morgan fingerprint density at radius 1 is 0.500 bits per heavy atom. The number of methoxy groups -OCH3 is 2. The fourth-order valence-corrected chi connectivity index (χ4v) is 5.31. The Labute approximate surface area is 255 Å². The molecule has 0 saturated carbocycles. The monoisotopic (exact) mass is 602 g/mol. The molecule has 0 aliphatic rings. The van der Waals surface area contributed by atoms with Crippen molar-refractivity contribution >= 4 is 67.0 Å². The van der Waals surface area contributed by atoms with Gasteiger partial charge in [0.1, 0.15) is 0 Å². The van der Waals surface area contributed by atoms with Crippen LogP contribution in [0.4, 0.5) is 0 Å². The zero-order valence-corrected chi connectivity index (χ0v) is 25.8. The lowest BCUT2D eigenvalue weighted by atomic mass is 9.84. The molecule has 5 rings (SSSR count). The topological polar surface area (TPSA) is 151 Å². The molecular weight excluding hydrogens is 564 g/mol. The van der Waals surface area contributed by atoms with Gasteiger partial charge in [0.25, 0.3) is 0 Å².